The highest BCUT2D eigenvalue weighted by atomic mass is 35.5. The van der Waals surface area contributed by atoms with E-state index in [1.165, 1.54) is 0 Å². The fourth-order valence-electron chi connectivity index (χ4n) is 3.75. The van der Waals surface area contributed by atoms with Crippen molar-refractivity contribution < 1.29 is 13.2 Å². The van der Waals surface area contributed by atoms with Crippen LogP contribution in [0.2, 0.25) is 5.02 Å². The lowest BCUT2D eigenvalue weighted by atomic mass is 9.83. The fourth-order valence-corrected chi connectivity index (χ4v) is 6.47. The van der Waals surface area contributed by atoms with E-state index < -0.39 is 10.0 Å². The van der Waals surface area contributed by atoms with Crippen molar-refractivity contribution in [1.82, 2.24) is 15.0 Å². The number of ether oxygens (including phenoxy) is 1. The summed E-state index contributed by atoms with van der Waals surface area (Å²) in [5, 5.41) is 1.25. The standard InChI is InChI=1S/C22H26ClN5O3S2/c1-3-13-33(29,30)28-15-6-4-5-14(17(15)23)18-19(16-7-10-25-21(24)26-16)32-20(27-18)22(2)8-11-31-12-9-22/h4-7,10,28H,3,8-9,11-13H2,1-2H3,(H2,24,25,26). The summed E-state index contributed by atoms with van der Waals surface area (Å²) in [6.45, 7) is 5.35. The third kappa shape index (κ3) is 5.13. The largest absolute Gasteiger partial charge is 0.381 e. The number of hydrogen-bond donors (Lipinski definition) is 2. The number of benzene rings is 1. The number of nitrogens with two attached hydrogens (primary N) is 1. The van der Waals surface area contributed by atoms with Crippen LogP contribution in [0.3, 0.4) is 0 Å². The number of hydrogen-bond acceptors (Lipinski definition) is 8. The molecule has 0 aliphatic carbocycles. The molecule has 3 heterocycles. The van der Waals surface area contributed by atoms with Crippen LogP contribution in [0.25, 0.3) is 21.8 Å². The maximum absolute atomic E-state index is 12.4. The van der Waals surface area contributed by atoms with Gasteiger partial charge in [-0.2, -0.15) is 0 Å². The van der Waals surface area contributed by atoms with Gasteiger partial charge in [0.2, 0.25) is 16.0 Å². The average molecular weight is 508 g/mol. The van der Waals surface area contributed by atoms with Gasteiger partial charge in [0.05, 0.1) is 37.7 Å². The summed E-state index contributed by atoms with van der Waals surface area (Å²) in [6.07, 6.45) is 3.82. The third-order valence-electron chi connectivity index (χ3n) is 5.64. The molecule has 1 aromatic carbocycles. The normalized spacial score (nSPS) is 16.0. The van der Waals surface area contributed by atoms with Gasteiger partial charge >= 0.3 is 0 Å². The van der Waals surface area contributed by atoms with Crippen molar-refractivity contribution in [3.05, 3.63) is 40.5 Å². The van der Waals surface area contributed by atoms with Gasteiger partial charge in [-0.05, 0) is 31.4 Å². The van der Waals surface area contributed by atoms with Crippen LogP contribution >= 0.6 is 22.9 Å². The third-order valence-corrected chi connectivity index (χ3v) is 8.91. The smallest absolute Gasteiger partial charge is 0.232 e. The molecule has 0 unspecified atom stereocenters. The second-order valence-electron chi connectivity index (χ2n) is 8.26. The Morgan fingerprint density at radius 3 is 2.70 bits per heavy atom. The van der Waals surface area contributed by atoms with E-state index in [4.69, 9.17) is 27.1 Å². The molecule has 0 saturated carbocycles. The van der Waals surface area contributed by atoms with Crippen molar-refractivity contribution in [1.29, 1.82) is 0 Å². The van der Waals surface area contributed by atoms with Gasteiger partial charge in [-0.1, -0.05) is 37.6 Å². The SMILES string of the molecule is CCCS(=O)(=O)Nc1cccc(-c2nc(C3(C)CCOCC3)sc2-c2ccnc(N)n2)c1Cl. The molecule has 33 heavy (non-hydrogen) atoms. The molecule has 0 spiro atoms. The van der Waals surface area contributed by atoms with Crippen LogP contribution in [0.5, 0.6) is 0 Å². The Kier molecular flexibility index (Phi) is 6.90. The molecule has 11 heteroatoms. The van der Waals surface area contributed by atoms with Gasteiger partial charge in [-0.3, -0.25) is 4.72 Å². The Bertz CT molecular complexity index is 1260. The molecule has 2 aromatic heterocycles. The van der Waals surface area contributed by atoms with Gasteiger partial charge in [0.25, 0.3) is 0 Å². The molecule has 8 nitrogen and oxygen atoms in total. The van der Waals surface area contributed by atoms with Crippen LogP contribution in [0.15, 0.2) is 30.5 Å². The van der Waals surface area contributed by atoms with Crippen molar-refractivity contribution in [3.63, 3.8) is 0 Å². The fraction of sp³-hybridized carbons (Fsp3) is 0.409. The first-order chi connectivity index (χ1) is 15.7. The van der Waals surface area contributed by atoms with Gasteiger partial charge in [-0.15, -0.1) is 11.3 Å². The highest BCUT2D eigenvalue weighted by molar-refractivity contribution is 7.92. The Morgan fingerprint density at radius 2 is 2.00 bits per heavy atom. The number of rotatable bonds is 7. The van der Waals surface area contributed by atoms with Crippen LogP contribution in [0.1, 0.15) is 38.1 Å². The molecule has 4 rings (SSSR count). The highest BCUT2D eigenvalue weighted by Crippen LogP contribution is 2.46. The van der Waals surface area contributed by atoms with Crippen molar-refractivity contribution >= 4 is 44.6 Å². The lowest BCUT2D eigenvalue weighted by molar-refractivity contribution is 0.0564. The lowest BCUT2D eigenvalue weighted by Gasteiger charge is -2.31. The van der Waals surface area contributed by atoms with E-state index in [9.17, 15) is 8.42 Å². The monoisotopic (exact) mass is 507 g/mol. The molecule has 1 aliphatic rings. The zero-order valence-electron chi connectivity index (χ0n) is 18.5. The molecule has 0 amide bonds. The predicted octanol–water partition coefficient (Wildman–Crippen LogP) is 4.72. The van der Waals surface area contributed by atoms with Crippen LogP contribution in [-0.4, -0.2) is 42.3 Å². The minimum atomic E-state index is -3.50. The maximum Gasteiger partial charge on any atom is 0.232 e. The molecule has 1 saturated heterocycles. The van der Waals surface area contributed by atoms with E-state index in [-0.39, 0.29) is 22.1 Å². The lowest BCUT2D eigenvalue weighted by Crippen LogP contribution is -2.30. The quantitative estimate of drug-likeness (QED) is 0.474. The zero-order chi connectivity index (χ0) is 23.6. The zero-order valence-corrected chi connectivity index (χ0v) is 20.9. The first-order valence-electron chi connectivity index (χ1n) is 10.7. The maximum atomic E-state index is 12.4. The number of nitrogens with zero attached hydrogens (tertiary/aromatic N) is 3. The first kappa shape index (κ1) is 23.9. The van der Waals surface area contributed by atoms with Crippen LogP contribution in [0.4, 0.5) is 11.6 Å². The van der Waals surface area contributed by atoms with Crippen molar-refractivity contribution in [3.8, 4) is 21.8 Å². The summed E-state index contributed by atoms with van der Waals surface area (Å²) in [7, 11) is -3.50. The van der Waals surface area contributed by atoms with E-state index in [2.05, 4.69) is 21.6 Å². The second kappa shape index (κ2) is 9.54. The number of sulfonamides is 1. The summed E-state index contributed by atoms with van der Waals surface area (Å²) >= 11 is 8.28. The van der Waals surface area contributed by atoms with Crippen LogP contribution in [0, 0.1) is 0 Å². The number of thiazole rings is 1. The molecule has 176 valence electrons. The van der Waals surface area contributed by atoms with Crippen molar-refractivity contribution in [2.24, 2.45) is 0 Å². The van der Waals surface area contributed by atoms with E-state index >= 15 is 0 Å². The van der Waals surface area contributed by atoms with Crippen molar-refractivity contribution in [2.75, 3.05) is 29.4 Å². The summed E-state index contributed by atoms with van der Waals surface area (Å²) < 4.78 is 32.9. The van der Waals surface area contributed by atoms with E-state index in [1.54, 1.807) is 35.7 Å². The van der Waals surface area contributed by atoms with Crippen molar-refractivity contribution in [2.45, 2.75) is 38.5 Å². The Hall–Kier alpha value is -2.27. The second-order valence-corrected chi connectivity index (χ2v) is 11.5. The first-order valence-corrected chi connectivity index (χ1v) is 13.5. The minimum Gasteiger partial charge on any atom is -0.381 e. The summed E-state index contributed by atoms with van der Waals surface area (Å²) in [6, 6.07) is 7.02. The molecule has 0 bridgehead atoms. The number of anilines is 2. The molecule has 0 atom stereocenters. The topological polar surface area (TPSA) is 120 Å². The Balaban J connectivity index is 1.85. The number of aromatic nitrogens is 3. The summed E-state index contributed by atoms with van der Waals surface area (Å²) in [4.78, 5) is 14.2. The number of halogens is 1. The number of nitrogen functional groups attached to an aromatic ring is 1. The van der Waals surface area contributed by atoms with Crippen LogP contribution < -0.4 is 10.5 Å². The summed E-state index contributed by atoms with van der Waals surface area (Å²) in [5.41, 5.74) is 7.95. The minimum absolute atomic E-state index is 0.0142. The van der Waals surface area contributed by atoms with Gasteiger partial charge in [0.1, 0.15) is 0 Å². The summed E-state index contributed by atoms with van der Waals surface area (Å²) in [5.74, 6) is 0.179. The van der Waals surface area contributed by atoms with Gasteiger partial charge in [0, 0.05) is 30.4 Å². The number of nitrogens with one attached hydrogen (secondary N) is 1. The van der Waals surface area contributed by atoms with E-state index in [1.807, 2.05) is 13.0 Å². The Labute approximate surface area is 202 Å². The van der Waals surface area contributed by atoms with Gasteiger partial charge in [0.15, 0.2) is 0 Å². The average Bonchev–Trinajstić information content (AvgIpc) is 3.22. The van der Waals surface area contributed by atoms with Gasteiger partial charge in [-0.25, -0.2) is 23.4 Å². The molecule has 0 radical (unpaired) electrons. The molecule has 1 aliphatic heterocycles. The molecular weight excluding hydrogens is 482 g/mol. The van der Waals surface area contributed by atoms with Crippen LogP contribution in [-0.2, 0) is 20.2 Å². The molecular formula is C22H26ClN5O3S2. The van der Waals surface area contributed by atoms with E-state index in [0.29, 0.717) is 42.3 Å². The molecule has 3 N–H and O–H groups in total. The predicted molar refractivity (Wildman–Crippen MR) is 133 cm³/mol. The van der Waals surface area contributed by atoms with Gasteiger partial charge < -0.3 is 10.5 Å². The Morgan fingerprint density at radius 1 is 1.24 bits per heavy atom. The molecule has 3 aromatic rings. The molecule has 1 fully saturated rings. The van der Waals surface area contributed by atoms with E-state index in [0.717, 1.165) is 22.7 Å². The highest BCUT2D eigenvalue weighted by Gasteiger charge is 2.34.